The molecule has 1 fully saturated rings. The molecule has 7 heteroatoms. The summed E-state index contributed by atoms with van der Waals surface area (Å²) in [4.78, 5) is 23.0. The molecule has 1 aromatic heterocycles. The monoisotopic (exact) mass is 237 g/mol. The summed E-state index contributed by atoms with van der Waals surface area (Å²) in [6, 6.07) is -0.172. The fraction of sp³-hybridized carbons (Fsp3) is 0.500. The van der Waals surface area contributed by atoms with Gasteiger partial charge in [0.25, 0.3) is 5.91 Å². The van der Waals surface area contributed by atoms with E-state index in [9.17, 15) is 9.59 Å². The highest BCUT2D eigenvalue weighted by Crippen LogP contribution is 2.11. The van der Waals surface area contributed by atoms with E-state index in [0.29, 0.717) is 30.9 Å². The molecule has 2 heterocycles. The molecule has 0 spiro atoms. The lowest BCUT2D eigenvalue weighted by Crippen LogP contribution is -2.37. The van der Waals surface area contributed by atoms with Crippen LogP contribution >= 0.6 is 0 Å². The molecular weight excluding hydrogens is 222 g/mol. The van der Waals surface area contributed by atoms with Crippen LogP contribution in [0.1, 0.15) is 23.8 Å². The Labute approximate surface area is 98.4 Å². The van der Waals surface area contributed by atoms with E-state index in [1.807, 2.05) is 6.92 Å². The van der Waals surface area contributed by atoms with Gasteiger partial charge in [-0.15, -0.1) is 0 Å². The van der Waals surface area contributed by atoms with Crippen molar-refractivity contribution in [3.8, 4) is 0 Å². The highest BCUT2D eigenvalue weighted by molar-refractivity contribution is 5.98. The first-order valence-electron chi connectivity index (χ1n) is 5.50. The third-order valence-electron chi connectivity index (χ3n) is 2.70. The lowest BCUT2D eigenvalue weighted by Gasteiger charge is -2.11. The predicted molar refractivity (Wildman–Crippen MR) is 61.2 cm³/mol. The molecule has 0 saturated carbocycles. The maximum absolute atomic E-state index is 12.0. The maximum Gasteiger partial charge on any atom is 0.271 e. The quantitative estimate of drug-likeness (QED) is 0.634. The number of amides is 2. The number of carbonyl (C=O) groups excluding carboxylic acids is 2. The first-order valence-corrected chi connectivity index (χ1v) is 5.50. The topological polar surface area (TPSA) is 102 Å². The Morgan fingerprint density at radius 2 is 2.53 bits per heavy atom. The summed E-state index contributed by atoms with van der Waals surface area (Å²) < 4.78 is 1.54. The zero-order valence-electron chi connectivity index (χ0n) is 9.56. The number of nitrogens with two attached hydrogens (primary N) is 1. The van der Waals surface area contributed by atoms with Gasteiger partial charge in [-0.1, -0.05) is 0 Å². The van der Waals surface area contributed by atoms with E-state index >= 15 is 0 Å². The second-order valence-electron chi connectivity index (χ2n) is 3.94. The number of rotatable bonds is 3. The molecule has 4 N–H and O–H groups in total. The number of nitrogens with one attached hydrogen (secondary N) is 2. The average molecular weight is 237 g/mol. The van der Waals surface area contributed by atoms with Crippen LogP contribution in [0.4, 0.5) is 5.69 Å². The Morgan fingerprint density at radius 1 is 1.76 bits per heavy atom. The molecule has 0 bridgehead atoms. The Kier molecular flexibility index (Phi) is 2.99. The number of aromatic nitrogens is 2. The Morgan fingerprint density at radius 3 is 3.12 bits per heavy atom. The van der Waals surface area contributed by atoms with Crippen LogP contribution in [-0.4, -0.2) is 34.2 Å². The van der Waals surface area contributed by atoms with E-state index in [2.05, 4.69) is 15.7 Å². The summed E-state index contributed by atoms with van der Waals surface area (Å²) >= 11 is 0. The van der Waals surface area contributed by atoms with Crippen molar-refractivity contribution in [2.45, 2.75) is 25.9 Å². The van der Waals surface area contributed by atoms with Crippen molar-refractivity contribution < 1.29 is 9.59 Å². The molecule has 0 aliphatic carbocycles. The summed E-state index contributed by atoms with van der Waals surface area (Å²) in [5, 5.41) is 9.41. The van der Waals surface area contributed by atoms with Gasteiger partial charge in [-0.25, -0.2) is 0 Å². The molecule has 17 heavy (non-hydrogen) atoms. The SMILES string of the molecule is CCn1ncc(N)c1C(=O)NC1CNC(=O)C1. The molecule has 1 unspecified atom stereocenters. The molecule has 2 rings (SSSR count). The minimum absolute atomic E-state index is 0.0488. The van der Waals surface area contributed by atoms with Gasteiger partial charge in [0.2, 0.25) is 5.91 Å². The number of hydrogen-bond donors (Lipinski definition) is 3. The number of nitrogen functional groups attached to an aromatic ring is 1. The summed E-state index contributed by atoms with van der Waals surface area (Å²) in [6.45, 7) is 2.91. The van der Waals surface area contributed by atoms with Crippen molar-refractivity contribution in [1.82, 2.24) is 20.4 Å². The lowest BCUT2D eigenvalue weighted by molar-refractivity contribution is -0.119. The van der Waals surface area contributed by atoms with Crippen LogP contribution in [0, 0.1) is 0 Å². The zero-order chi connectivity index (χ0) is 12.4. The highest BCUT2D eigenvalue weighted by Gasteiger charge is 2.25. The average Bonchev–Trinajstić information content (AvgIpc) is 2.84. The van der Waals surface area contributed by atoms with Gasteiger partial charge >= 0.3 is 0 Å². The van der Waals surface area contributed by atoms with Crippen LogP contribution in [0.15, 0.2) is 6.20 Å². The fourth-order valence-corrected chi connectivity index (χ4v) is 1.85. The van der Waals surface area contributed by atoms with Crippen LogP contribution in [0.2, 0.25) is 0 Å². The van der Waals surface area contributed by atoms with Crippen molar-refractivity contribution >= 4 is 17.5 Å². The molecule has 1 atom stereocenters. The van der Waals surface area contributed by atoms with Crippen molar-refractivity contribution in [2.75, 3.05) is 12.3 Å². The molecule has 1 aromatic rings. The first kappa shape index (κ1) is 11.4. The Bertz CT molecular complexity index is 454. The van der Waals surface area contributed by atoms with Crippen LogP contribution < -0.4 is 16.4 Å². The van der Waals surface area contributed by atoms with Crippen LogP contribution in [0.5, 0.6) is 0 Å². The molecular formula is C10H15N5O2. The summed E-state index contributed by atoms with van der Waals surface area (Å²) in [5.74, 6) is -0.337. The zero-order valence-corrected chi connectivity index (χ0v) is 9.56. The van der Waals surface area contributed by atoms with E-state index in [0.717, 1.165) is 0 Å². The van der Waals surface area contributed by atoms with Gasteiger partial charge < -0.3 is 16.4 Å². The van der Waals surface area contributed by atoms with Gasteiger partial charge in [-0.05, 0) is 6.92 Å². The first-order chi connectivity index (χ1) is 8.11. The largest absolute Gasteiger partial charge is 0.396 e. The van der Waals surface area contributed by atoms with Crippen LogP contribution in [-0.2, 0) is 11.3 Å². The molecule has 0 aromatic carbocycles. The fourth-order valence-electron chi connectivity index (χ4n) is 1.85. The number of anilines is 1. The van der Waals surface area contributed by atoms with Crippen molar-refractivity contribution in [3.05, 3.63) is 11.9 Å². The predicted octanol–water partition coefficient (Wildman–Crippen LogP) is -0.896. The number of hydrogen-bond acceptors (Lipinski definition) is 4. The summed E-state index contributed by atoms with van der Waals surface area (Å²) in [5.41, 5.74) is 6.39. The van der Waals surface area contributed by atoms with E-state index in [-0.39, 0.29) is 17.9 Å². The van der Waals surface area contributed by atoms with Gasteiger partial charge in [-0.3, -0.25) is 14.3 Å². The molecule has 1 saturated heterocycles. The third kappa shape index (κ3) is 2.22. The maximum atomic E-state index is 12.0. The molecule has 92 valence electrons. The van der Waals surface area contributed by atoms with E-state index in [1.165, 1.54) is 10.9 Å². The molecule has 0 radical (unpaired) electrons. The van der Waals surface area contributed by atoms with Crippen molar-refractivity contribution in [1.29, 1.82) is 0 Å². The van der Waals surface area contributed by atoms with Gasteiger partial charge in [-0.2, -0.15) is 5.10 Å². The molecule has 2 amide bonds. The van der Waals surface area contributed by atoms with E-state index < -0.39 is 0 Å². The Hall–Kier alpha value is -2.05. The van der Waals surface area contributed by atoms with Gasteiger partial charge in [0, 0.05) is 19.5 Å². The van der Waals surface area contributed by atoms with Gasteiger partial charge in [0.15, 0.2) is 0 Å². The van der Waals surface area contributed by atoms with E-state index in [4.69, 9.17) is 5.73 Å². The number of aryl methyl sites for hydroxylation is 1. The minimum atomic E-state index is -0.289. The normalized spacial score (nSPS) is 19.1. The minimum Gasteiger partial charge on any atom is -0.396 e. The Balaban J connectivity index is 2.09. The lowest BCUT2D eigenvalue weighted by atomic mass is 10.2. The van der Waals surface area contributed by atoms with E-state index in [1.54, 1.807) is 0 Å². The van der Waals surface area contributed by atoms with Crippen LogP contribution in [0.3, 0.4) is 0 Å². The second-order valence-corrected chi connectivity index (χ2v) is 3.94. The third-order valence-corrected chi connectivity index (χ3v) is 2.70. The molecule has 7 nitrogen and oxygen atoms in total. The van der Waals surface area contributed by atoms with Crippen molar-refractivity contribution in [3.63, 3.8) is 0 Å². The van der Waals surface area contributed by atoms with Gasteiger partial charge in [0.05, 0.1) is 17.9 Å². The van der Waals surface area contributed by atoms with Gasteiger partial charge in [0.1, 0.15) is 5.69 Å². The second kappa shape index (κ2) is 4.44. The summed E-state index contributed by atoms with van der Waals surface area (Å²) in [6.07, 6.45) is 1.77. The number of carbonyl (C=O) groups is 2. The molecule has 1 aliphatic heterocycles. The smallest absolute Gasteiger partial charge is 0.271 e. The van der Waals surface area contributed by atoms with Crippen molar-refractivity contribution in [2.24, 2.45) is 0 Å². The highest BCUT2D eigenvalue weighted by atomic mass is 16.2. The molecule has 1 aliphatic rings. The number of nitrogens with zero attached hydrogens (tertiary/aromatic N) is 2. The standard InChI is InChI=1S/C10H15N5O2/c1-2-15-9(7(11)5-13-15)10(17)14-6-3-8(16)12-4-6/h5-6H,2-4,11H2,1H3,(H,12,16)(H,14,17). The van der Waals surface area contributed by atoms with Crippen LogP contribution in [0.25, 0.3) is 0 Å². The summed E-state index contributed by atoms with van der Waals surface area (Å²) in [7, 11) is 0.